The number of aryl methyl sites for hydroxylation is 1. The van der Waals surface area contributed by atoms with E-state index in [1.54, 1.807) is 11.3 Å². The Hall–Kier alpha value is -0.750. The molecule has 0 saturated carbocycles. The van der Waals surface area contributed by atoms with Crippen molar-refractivity contribution in [3.8, 4) is 10.6 Å². The molecule has 2 aromatic rings. The van der Waals surface area contributed by atoms with Gasteiger partial charge in [-0.15, -0.1) is 22.7 Å². The second kappa shape index (κ2) is 5.48. The summed E-state index contributed by atoms with van der Waals surface area (Å²) in [5, 5.41) is 6.56. The number of hydrogen-bond donors (Lipinski definition) is 1. The molecule has 0 aliphatic carbocycles. The molecule has 1 fully saturated rings. The second-order valence-corrected chi connectivity index (χ2v) is 6.31. The van der Waals surface area contributed by atoms with Crippen molar-refractivity contribution in [3.05, 3.63) is 27.4 Å². The standard InChI is InChI=1S/C13H16N2OS2/c1-2-9-3-4-12(18-9)10-8-17-13(15-10)11-7-14-5-6-16-11/h3-4,8,11,14H,2,5-7H2,1H3. The minimum Gasteiger partial charge on any atom is -0.368 e. The van der Waals surface area contributed by atoms with E-state index in [2.05, 4.69) is 29.8 Å². The fourth-order valence-electron chi connectivity index (χ4n) is 1.98. The number of thiophene rings is 1. The average molecular weight is 280 g/mol. The molecule has 3 nitrogen and oxygen atoms in total. The smallest absolute Gasteiger partial charge is 0.124 e. The largest absolute Gasteiger partial charge is 0.368 e. The summed E-state index contributed by atoms with van der Waals surface area (Å²) in [5.41, 5.74) is 1.09. The Kier molecular flexibility index (Phi) is 3.75. The normalized spacial score (nSPS) is 20.2. The van der Waals surface area contributed by atoms with Gasteiger partial charge in [0, 0.05) is 23.3 Å². The number of nitrogens with one attached hydrogen (secondary N) is 1. The van der Waals surface area contributed by atoms with Crippen LogP contribution in [0.2, 0.25) is 0 Å². The van der Waals surface area contributed by atoms with Crippen LogP contribution < -0.4 is 5.32 Å². The third-order valence-electron chi connectivity index (χ3n) is 2.99. The number of morpholine rings is 1. The van der Waals surface area contributed by atoms with Crippen LogP contribution >= 0.6 is 22.7 Å². The van der Waals surface area contributed by atoms with Gasteiger partial charge in [-0.2, -0.15) is 0 Å². The van der Waals surface area contributed by atoms with Crippen LogP contribution in [-0.2, 0) is 11.2 Å². The van der Waals surface area contributed by atoms with Crippen LogP contribution in [0, 0.1) is 0 Å². The van der Waals surface area contributed by atoms with Crippen molar-refractivity contribution in [3.63, 3.8) is 0 Å². The first-order valence-electron chi connectivity index (χ1n) is 6.23. The molecule has 1 atom stereocenters. The van der Waals surface area contributed by atoms with Crippen molar-refractivity contribution in [1.29, 1.82) is 0 Å². The molecule has 1 aliphatic heterocycles. The molecule has 0 bridgehead atoms. The van der Waals surface area contributed by atoms with Crippen molar-refractivity contribution in [2.75, 3.05) is 19.7 Å². The third-order valence-corrected chi connectivity index (χ3v) is 5.18. The van der Waals surface area contributed by atoms with Crippen molar-refractivity contribution >= 4 is 22.7 Å². The SMILES string of the molecule is CCc1ccc(-c2csc(C3CNCCO3)n2)s1. The molecule has 5 heteroatoms. The maximum Gasteiger partial charge on any atom is 0.124 e. The molecule has 0 spiro atoms. The first-order chi connectivity index (χ1) is 8.86. The van der Waals surface area contributed by atoms with Gasteiger partial charge >= 0.3 is 0 Å². The van der Waals surface area contributed by atoms with E-state index in [1.807, 2.05) is 11.3 Å². The van der Waals surface area contributed by atoms with Crippen molar-refractivity contribution < 1.29 is 4.74 Å². The van der Waals surface area contributed by atoms with Gasteiger partial charge in [0.1, 0.15) is 11.1 Å². The molecular weight excluding hydrogens is 264 g/mol. The lowest BCUT2D eigenvalue weighted by Gasteiger charge is -2.21. The van der Waals surface area contributed by atoms with Crippen LogP contribution in [0.15, 0.2) is 17.5 Å². The molecular formula is C13H16N2OS2. The fraction of sp³-hybridized carbons (Fsp3) is 0.462. The van der Waals surface area contributed by atoms with Crippen molar-refractivity contribution in [1.82, 2.24) is 10.3 Å². The van der Waals surface area contributed by atoms with E-state index < -0.39 is 0 Å². The quantitative estimate of drug-likeness (QED) is 0.938. The molecule has 1 N–H and O–H groups in total. The number of nitrogens with zero attached hydrogens (tertiary/aromatic N) is 1. The van der Waals surface area contributed by atoms with Gasteiger partial charge in [-0.1, -0.05) is 6.92 Å². The van der Waals surface area contributed by atoms with Crippen LogP contribution in [0.1, 0.15) is 22.9 Å². The van der Waals surface area contributed by atoms with Gasteiger partial charge in [0.25, 0.3) is 0 Å². The zero-order valence-corrected chi connectivity index (χ0v) is 11.9. The molecule has 1 saturated heterocycles. The predicted molar refractivity (Wildman–Crippen MR) is 76.4 cm³/mol. The molecule has 2 aromatic heterocycles. The molecule has 3 heterocycles. The third kappa shape index (κ3) is 2.49. The van der Waals surface area contributed by atoms with Gasteiger partial charge < -0.3 is 10.1 Å². The summed E-state index contributed by atoms with van der Waals surface area (Å²) in [6.07, 6.45) is 1.22. The van der Waals surface area contributed by atoms with E-state index >= 15 is 0 Å². The van der Waals surface area contributed by atoms with E-state index in [-0.39, 0.29) is 6.10 Å². The summed E-state index contributed by atoms with van der Waals surface area (Å²) < 4.78 is 5.73. The topological polar surface area (TPSA) is 34.1 Å². The second-order valence-electron chi connectivity index (χ2n) is 4.25. The molecule has 0 aromatic carbocycles. The number of thiazole rings is 1. The lowest BCUT2D eigenvalue weighted by atomic mass is 10.3. The molecule has 3 rings (SSSR count). The number of aromatic nitrogens is 1. The first-order valence-corrected chi connectivity index (χ1v) is 7.93. The number of rotatable bonds is 3. The summed E-state index contributed by atoms with van der Waals surface area (Å²) >= 11 is 3.53. The molecule has 0 amide bonds. The maximum atomic E-state index is 5.73. The first kappa shape index (κ1) is 12.3. The summed E-state index contributed by atoms with van der Waals surface area (Å²) in [6, 6.07) is 4.36. The minimum atomic E-state index is 0.128. The van der Waals surface area contributed by atoms with Gasteiger partial charge in [0.05, 0.1) is 17.2 Å². The summed E-state index contributed by atoms with van der Waals surface area (Å²) in [4.78, 5) is 7.39. The highest BCUT2D eigenvalue weighted by atomic mass is 32.1. The zero-order valence-electron chi connectivity index (χ0n) is 10.3. The fourth-order valence-corrected chi connectivity index (χ4v) is 3.83. The van der Waals surface area contributed by atoms with Crippen LogP contribution in [0.25, 0.3) is 10.6 Å². The average Bonchev–Trinajstić information content (AvgIpc) is 3.08. The van der Waals surface area contributed by atoms with Crippen LogP contribution in [0.4, 0.5) is 0 Å². The Bertz CT molecular complexity index is 515. The highest BCUT2D eigenvalue weighted by Crippen LogP contribution is 2.32. The molecule has 96 valence electrons. The van der Waals surface area contributed by atoms with Gasteiger partial charge in [-0.3, -0.25) is 0 Å². The number of hydrogen-bond acceptors (Lipinski definition) is 5. The summed E-state index contributed by atoms with van der Waals surface area (Å²) in [5.74, 6) is 0. The Labute approximate surface area is 115 Å². The Balaban J connectivity index is 1.79. The lowest BCUT2D eigenvalue weighted by molar-refractivity contribution is 0.0276. The van der Waals surface area contributed by atoms with Gasteiger partial charge in [0.15, 0.2) is 0 Å². The zero-order chi connectivity index (χ0) is 12.4. The van der Waals surface area contributed by atoms with Crippen LogP contribution in [0.5, 0.6) is 0 Å². The van der Waals surface area contributed by atoms with Crippen molar-refractivity contribution in [2.45, 2.75) is 19.4 Å². The van der Waals surface area contributed by atoms with Gasteiger partial charge in [-0.25, -0.2) is 4.98 Å². The highest BCUT2D eigenvalue weighted by molar-refractivity contribution is 7.16. The summed E-state index contributed by atoms with van der Waals surface area (Å²) in [6.45, 7) is 4.78. The minimum absolute atomic E-state index is 0.128. The van der Waals surface area contributed by atoms with Gasteiger partial charge in [0.2, 0.25) is 0 Å². The Morgan fingerprint density at radius 2 is 2.44 bits per heavy atom. The van der Waals surface area contributed by atoms with Crippen LogP contribution in [-0.4, -0.2) is 24.7 Å². The van der Waals surface area contributed by atoms with E-state index in [0.717, 1.165) is 36.8 Å². The van der Waals surface area contributed by atoms with E-state index in [9.17, 15) is 0 Å². The monoisotopic (exact) mass is 280 g/mol. The molecule has 0 radical (unpaired) electrons. The van der Waals surface area contributed by atoms with Crippen LogP contribution in [0.3, 0.4) is 0 Å². The Morgan fingerprint density at radius 3 is 3.17 bits per heavy atom. The highest BCUT2D eigenvalue weighted by Gasteiger charge is 2.19. The number of ether oxygens (including phenoxy) is 1. The van der Waals surface area contributed by atoms with Crippen molar-refractivity contribution in [2.24, 2.45) is 0 Å². The molecule has 1 unspecified atom stereocenters. The van der Waals surface area contributed by atoms with Gasteiger partial charge in [-0.05, 0) is 18.6 Å². The lowest BCUT2D eigenvalue weighted by Crippen LogP contribution is -2.33. The molecule has 18 heavy (non-hydrogen) atoms. The summed E-state index contributed by atoms with van der Waals surface area (Å²) in [7, 11) is 0. The van der Waals surface area contributed by atoms with E-state index in [1.165, 1.54) is 9.75 Å². The maximum absolute atomic E-state index is 5.73. The Morgan fingerprint density at radius 1 is 1.50 bits per heavy atom. The van der Waals surface area contributed by atoms with E-state index in [4.69, 9.17) is 9.72 Å². The van der Waals surface area contributed by atoms with E-state index in [0.29, 0.717) is 0 Å². The predicted octanol–water partition coefficient (Wildman–Crippen LogP) is 3.09. The molecule has 1 aliphatic rings.